The first kappa shape index (κ1) is 17.6. The summed E-state index contributed by atoms with van der Waals surface area (Å²) >= 11 is 0. The van der Waals surface area contributed by atoms with Gasteiger partial charge in [0.15, 0.2) is 6.61 Å². The minimum absolute atomic E-state index is 0.0397. The smallest absolute Gasteiger partial charge is 0.257 e. The standard InChI is InChI=1S/C18H28N2O3/c1-14(2)20-9-7-15(8-10-20)12-19-18(21)13-23-17-6-4-5-16(11-17)22-3/h4-6,11,14-15H,7-10,12-13H2,1-3H3,(H,19,21). The molecule has 1 N–H and O–H groups in total. The van der Waals surface area contributed by atoms with Crippen molar-refractivity contribution in [3.05, 3.63) is 24.3 Å². The Hall–Kier alpha value is -1.75. The minimum Gasteiger partial charge on any atom is -0.497 e. The van der Waals surface area contributed by atoms with Crippen LogP contribution < -0.4 is 14.8 Å². The fourth-order valence-electron chi connectivity index (χ4n) is 2.82. The number of carbonyl (C=O) groups excluding carboxylic acids is 1. The van der Waals surface area contributed by atoms with E-state index in [1.165, 1.54) is 0 Å². The van der Waals surface area contributed by atoms with E-state index in [1.54, 1.807) is 13.2 Å². The van der Waals surface area contributed by atoms with Crippen molar-refractivity contribution in [2.75, 3.05) is 33.4 Å². The van der Waals surface area contributed by atoms with Crippen LogP contribution in [0, 0.1) is 5.92 Å². The van der Waals surface area contributed by atoms with Crippen molar-refractivity contribution in [2.24, 2.45) is 5.92 Å². The molecule has 5 heteroatoms. The van der Waals surface area contributed by atoms with Crippen molar-refractivity contribution in [1.29, 1.82) is 0 Å². The Morgan fingerprint density at radius 3 is 2.65 bits per heavy atom. The van der Waals surface area contributed by atoms with E-state index in [4.69, 9.17) is 9.47 Å². The molecule has 1 aromatic rings. The van der Waals surface area contributed by atoms with Crippen LogP contribution in [-0.2, 0) is 4.79 Å². The number of carbonyl (C=O) groups is 1. The van der Waals surface area contributed by atoms with Gasteiger partial charge in [0.05, 0.1) is 7.11 Å². The summed E-state index contributed by atoms with van der Waals surface area (Å²) in [5, 5.41) is 2.98. The summed E-state index contributed by atoms with van der Waals surface area (Å²) in [6, 6.07) is 7.89. The van der Waals surface area contributed by atoms with E-state index < -0.39 is 0 Å². The molecule has 1 aliphatic rings. The number of likely N-dealkylation sites (tertiary alicyclic amines) is 1. The second kappa shape index (κ2) is 8.77. The zero-order chi connectivity index (χ0) is 16.7. The van der Waals surface area contributed by atoms with Gasteiger partial charge in [-0.15, -0.1) is 0 Å². The van der Waals surface area contributed by atoms with Gasteiger partial charge in [0.2, 0.25) is 0 Å². The van der Waals surface area contributed by atoms with Gasteiger partial charge in [-0.3, -0.25) is 4.79 Å². The lowest BCUT2D eigenvalue weighted by Gasteiger charge is -2.34. The zero-order valence-corrected chi connectivity index (χ0v) is 14.4. The van der Waals surface area contributed by atoms with E-state index in [-0.39, 0.29) is 12.5 Å². The van der Waals surface area contributed by atoms with Crippen LogP contribution >= 0.6 is 0 Å². The van der Waals surface area contributed by atoms with Gasteiger partial charge in [0, 0.05) is 18.7 Å². The van der Waals surface area contributed by atoms with E-state index in [0.29, 0.717) is 17.7 Å². The van der Waals surface area contributed by atoms with Crippen molar-refractivity contribution >= 4 is 5.91 Å². The average Bonchev–Trinajstić information content (AvgIpc) is 2.58. The Morgan fingerprint density at radius 1 is 1.30 bits per heavy atom. The zero-order valence-electron chi connectivity index (χ0n) is 14.4. The maximum atomic E-state index is 11.9. The molecule has 0 saturated carbocycles. The fourth-order valence-corrected chi connectivity index (χ4v) is 2.82. The maximum Gasteiger partial charge on any atom is 0.257 e. The van der Waals surface area contributed by atoms with Crippen LogP contribution in [-0.4, -0.2) is 50.2 Å². The SMILES string of the molecule is COc1cccc(OCC(=O)NCC2CCN(C(C)C)CC2)c1. The number of ether oxygens (including phenoxy) is 2. The Morgan fingerprint density at radius 2 is 2.00 bits per heavy atom. The summed E-state index contributed by atoms with van der Waals surface area (Å²) in [7, 11) is 1.61. The van der Waals surface area contributed by atoms with Gasteiger partial charge in [0.25, 0.3) is 5.91 Å². The van der Waals surface area contributed by atoms with E-state index >= 15 is 0 Å². The summed E-state index contributed by atoms with van der Waals surface area (Å²) in [6.07, 6.45) is 2.30. The van der Waals surface area contributed by atoms with Crippen molar-refractivity contribution in [2.45, 2.75) is 32.7 Å². The number of amides is 1. The van der Waals surface area contributed by atoms with E-state index in [1.807, 2.05) is 18.2 Å². The Labute approximate surface area is 139 Å². The highest BCUT2D eigenvalue weighted by molar-refractivity contribution is 5.77. The Bertz CT molecular complexity index is 497. The first-order valence-corrected chi connectivity index (χ1v) is 8.36. The van der Waals surface area contributed by atoms with Gasteiger partial charge in [-0.1, -0.05) is 6.07 Å². The lowest BCUT2D eigenvalue weighted by Crippen LogP contribution is -2.42. The molecule has 0 radical (unpaired) electrons. The molecule has 0 aliphatic carbocycles. The van der Waals surface area contributed by atoms with Crippen LogP contribution in [0.2, 0.25) is 0 Å². The van der Waals surface area contributed by atoms with E-state index in [2.05, 4.69) is 24.1 Å². The molecule has 1 fully saturated rings. The van der Waals surface area contributed by atoms with Crippen LogP contribution in [0.15, 0.2) is 24.3 Å². The first-order valence-electron chi connectivity index (χ1n) is 8.36. The van der Waals surface area contributed by atoms with Gasteiger partial charge in [0.1, 0.15) is 11.5 Å². The molecule has 1 aromatic carbocycles. The quantitative estimate of drug-likeness (QED) is 0.837. The number of methoxy groups -OCH3 is 1. The monoisotopic (exact) mass is 320 g/mol. The molecule has 128 valence electrons. The second-order valence-electron chi connectivity index (χ2n) is 6.34. The predicted molar refractivity (Wildman–Crippen MR) is 90.9 cm³/mol. The highest BCUT2D eigenvalue weighted by atomic mass is 16.5. The largest absolute Gasteiger partial charge is 0.497 e. The molecule has 5 nitrogen and oxygen atoms in total. The molecule has 0 unspecified atom stereocenters. The number of rotatable bonds is 7. The van der Waals surface area contributed by atoms with E-state index in [9.17, 15) is 4.79 Å². The minimum atomic E-state index is -0.0703. The third kappa shape index (κ3) is 5.75. The number of piperidine rings is 1. The lowest BCUT2D eigenvalue weighted by atomic mass is 9.96. The number of nitrogens with zero attached hydrogens (tertiary/aromatic N) is 1. The first-order chi connectivity index (χ1) is 11.1. The lowest BCUT2D eigenvalue weighted by molar-refractivity contribution is -0.123. The molecule has 23 heavy (non-hydrogen) atoms. The van der Waals surface area contributed by atoms with Gasteiger partial charge >= 0.3 is 0 Å². The van der Waals surface area contributed by atoms with Crippen molar-refractivity contribution < 1.29 is 14.3 Å². The number of hydrogen-bond donors (Lipinski definition) is 1. The number of hydrogen-bond acceptors (Lipinski definition) is 4. The van der Waals surface area contributed by atoms with Crippen LogP contribution in [0.5, 0.6) is 11.5 Å². The molecule has 0 atom stereocenters. The molecular formula is C18H28N2O3. The molecule has 1 amide bonds. The van der Waals surface area contributed by atoms with E-state index in [0.717, 1.165) is 38.2 Å². The second-order valence-corrected chi connectivity index (χ2v) is 6.34. The number of nitrogens with one attached hydrogen (secondary N) is 1. The highest BCUT2D eigenvalue weighted by Gasteiger charge is 2.21. The highest BCUT2D eigenvalue weighted by Crippen LogP contribution is 2.19. The number of benzene rings is 1. The van der Waals surface area contributed by atoms with Crippen LogP contribution in [0.3, 0.4) is 0 Å². The summed E-state index contributed by atoms with van der Waals surface area (Å²) < 4.78 is 10.6. The molecule has 0 aromatic heterocycles. The predicted octanol–water partition coefficient (Wildman–Crippen LogP) is 2.31. The topological polar surface area (TPSA) is 50.8 Å². The van der Waals surface area contributed by atoms with Gasteiger partial charge in [-0.2, -0.15) is 0 Å². The third-order valence-electron chi connectivity index (χ3n) is 4.38. The summed E-state index contributed by atoms with van der Waals surface area (Å²) in [5.74, 6) is 1.87. The van der Waals surface area contributed by atoms with Crippen LogP contribution in [0.4, 0.5) is 0 Å². The molecule has 1 saturated heterocycles. The van der Waals surface area contributed by atoms with Crippen molar-refractivity contribution in [1.82, 2.24) is 10.2 Å². The van der Waals surface area contributed by atoms with Crippen LogP contribution in [0.25, 0.3) is 0 Å². The fraction of sp³-hybridized carbons (Fsp3) is 0.611. The molecule has 1 heterocycles. The molecule has 1 aliphatic heterocycles. The van der Waals surface area contributed by atoms with Gasteiger partial charge in [-0.05, 0) is 57.8 Å². The molecule has 0 bridgehead atoms. The van der Waals surface area contributed by atoms with Crippen molar-refractivity contribution in [3.8, 4) is 11.5 Å². The summed E-state index contributed by atoms with van der Waals surface area (Å²) in [6.45, 7) is 7.50. The van der Waals surface area contributed by atoms with Crippen LogP contribution in [0.1, 0.15) is 26.7 Å². The molecular weight excluding hydrogens is 292 g/mol. The van der Waals surface area contributed by atoms with Crippen molar-refractivity contribution in [3.63, 3.8) is 0 Å². The Kier molecular flexibility index (Phi) is 6.71. The van der Waals surface area contributed by atoms with Gasteiger partial charge in [-0.25, -0.2) is 0 Å². The summed E-state index contributed by atoms with van der Waals surface area (Å²) in [5.41, 5.74) is 0. The molecule has 0 spiro atoms. The molecule has 2 rings (SSSR count). The average molecular weight is 320 g/mol. The maximum absolute atomic E-state index is 11.9. The third-order valence-corrected chi connectivity index (χ3v) is 4.38. The normalized spacial score (nSPS) is 16.3. The Balaban J connectivity index is 1.65. The summed E-state index contributed by atoms with van der Waals surface area (Å²) in [4.78, 5) is 14.4. The van der Waals surface area contributed by atoms with Gasteiger partial charge < -0.3 is 19.7 Å².